The van der Waals surface area contributed by atoms with Gasteiger partial charge in [-0.25, -0.2) is 9.69 Å². The van der Waals surface area contributed by atoms with Crippen LogP contribution in [-0.2, 0) is 23.7 Å². The molecule has 0 aromatic heterocycles. The summed E-state index contributed by atoms with van der Waals surface area (Å²) in [7, 11) is -2.86. The Morgan fingerprint density at radius 2 is 1.23 bits per heavy atom. The highest BCUT2D eigenvalue weighted by atomic mass is 31.2. The Labute approximate surface area is 232 Å². The fraction of sp³-hybridized carbons (Fsp3) is 0.156. The van der Waals surface area contributed by atoms with Crippen molar-refractivity contribution in [2.45, 2.75) is 11.3 Å². The zero-order valence-corrected chi connectivity index (χ0v) is 22.6. The van der Waals surface area contributed by atoms with Crippen molar-refractivity contribution in [2.75, 3.05) is 12.0 Å². The van der Waals surface area contributed by atoms with Gasteiger partial charge in [-0.3, -0.25) is 14.9 Å². The van der Waals surface area contributed by atoms with Gasteiger partial charge in [0.05, 0.1) is 24.6 Å². The van der Waals surface area contributed by atoms with Gasteiger partial charge in [0.25, 0.3) is 0 Å². The predicted molar refractivity (Wildman–Crippen MR) is 153 cm³/mol. The van der Waals surface area contributed by atoms with E-state index >= 15 is 4.57 Å². The van der Waals surface area contributed by atoms with Gasteiger partial charge in [0.1, 0.15) is 0 Å². The molecule has 2 fully saturated rings. The van der Waals surface area contributed by atoms with Crippen molar-refractivity contribution in [1.29, 1.82) is 0 Å². The second kappa shape index (κ2) is 10.0. The Balaban J connectivity index is 1.68. The van der Waals surface area contributed by atoms with Crippen LogP contribution in [0, 0.1) is 11.8 Å². The van der Waals surface area contributed by atoms with Crippen molar-refractivity contribution in [1.82, 2.24) is 5.32 Å². The highest BCUT2D eigenvalue weighted by Gasteiger charge is 2.75. The topological polar surface area (TPSA) is 92.8 Å². The molecule has 0 aliphatic carbocycles. The lowest BCUT2D eigenvalue weighted by Gasteiger charge is -2.39. The maximum absolute atomic E-state index is 15.9. The van der Waals surface area contributed by atoms with Crippen molar-refractivity contribution < 1.29 is 23.7 Å². The van der Waals surface area contributed by atoms with Gasteiger partial charge in [0, 0.05) is 16.7 Å². The molecule has 0 spiro atoms. The molecule has 2 aliphatic rings. The maximum Gasteiger partial charge on any atom is 0.335 e. The summed E-state index contributed by atoms with van der Waals surface area (Å²) in [5.74, 6) is -4.21. The van der Waals surface area contributed by atoms with Crippen molar-refractivity contribution in [3.8, 4) is 0 Å². The summed E-state index contributed by atoms with van der Waals surface area (Å²) in [4.78, 5) is 44.0. The molecule has 200 valence electrons. The molecule has 2 heterocycles. The van der Waals surface area contributed by atoms with Crippen LogP contribution < -0.4 is 20.8 Å². The molecule has 4 aromatic carbocycles. The Morgan fingerprint density at radius 3 is 1.73 bits per heavy atom. The van der Waals surface area contributed by atoms with Gasteiger partial charge in [-0.1, -0.05) is 109 Å². The number of benzene rings is 4. The number of amides is 2. The van der Waals surface area contributed by atoms with E-state index in [1.165, 1.54) is 7.11 Å². The van der Waals surface area contributed by atoms with Crippen molar-refractivity contribution in [3.63, 3.8) is 0 Å². The summed E-state index contributed by atoms with van der Waals surface area (Å²) in [6.45, 7) is 0. The van der Waals surface area contributed by atoms with Gasteiger partial charge < -0.3 is 9.30 Å². The first kappa shape index (κ1) is 25.9. The standard InChI is InChI=1S/C32H27N2O5P/c1-39-31(37)32(40(38,24-18-10-4-11-19-24)25-20-12-5-13-21-25)27-26(28(33-32)22-14-6-2-7-15-22)29(35)34(30(27)36)23-16-8-3-9-17-23/h2-21,26-28,33H,1H3/t26-,27-,28-,32+/m1/s1. The zero-order valence-electron chi connectivity index (χ0n) is 21.7. The normalized spacial score (nSPS) is 24.1. The van der Waals surface area contributed by atoms with Gasteiger partial charge in [-0.15, -0.1) is 0 Å². The average Bonchev–Trinajstić information content (AvgIpc) is 3.52. The predicted octanol–water partition coefficient (Wildman–Crippen LogP) is 4.02. The van der Waals surface area contributed by atoms with Crippen LogP contribution in [0.5, 0.6) is 0 Å². The number of carbonyl (C=O) groups is 3. The molecule has 0 unspecified atom stereocenters. The zero-order chi connectivity index (χ0) is 27.9. The van der Waals surface area contributed by atoms with Gasteiger partial charge in [0.15, 0.2) is 12.4 Å². The van der Waals surface area contributed by atoms with Gasteiger partial charge in [0.2, 0.25) is 11.8 Å². The molecule has 4 aromatic rings. The Hall–Kier alpha value is -4.32. The molecule has 0 bridgehead atoms. The molecule has 8 heteroatoms. The van der Waals surface area contributed by atoms with E-state index in [4.69, 9.17) is 4.74 Å². The number of para-hydroxylation sites is 1. The van der Waals surface area contributed by atoms with Crippen LogP contribution in [0.15, 0.2) is 121 Å². The molecule has 0 radical (unpaired) electrons. The molecule has 7 nitrogen and oxygen atoms in total. The number of ether oxygens (including phenoxy) is 1. The lowest BCUT2D eigenvalue weighted by Crippen LogP contribution is -2.59. The average molecular weight is 551 g/mol. The van der Waals surface area contributed by atoms with E-state index in [-0.39, 0.29) is 0 Å². The second-order valence-electron chi connectivity index (χ2n) is 9.92. The van der Waals surface area contributed by atoms with E-state index in [1.807, 2.05) is 30.3 Å². The maximum atomic E-state index is 15.9. The van der Waals surface area contributed by atoms with Crippen molar-refractivity contribution >= 4 is 41.2 Å². The highest BCUT2D eigenvalue weighted by Crippen LogP contribution is 2.66. The molecule has 2 amide bonds. The lowest BCUT2D eigenvalue weighted by atomic mass is 9.86. The SMILES string of the molecule is COC(=O)[C@]1(P(=O)(c2ccccc2)c2ccccc2)N[C@H](c2ccccc2)[C@@H]2C(=O)N(c3ccccc3)C(=O)[C@@H]21. The Kier molecular flexibility index (Phi) is 6.49. The number of imide groups is 1. The molecule has 2 aliphatic heterocycles. The van der Waals surface area contributed by atoms with Crippen LogP contribution in [0.3, 0.4) is 0 Å². The Bertz CT molecular complexity index is 1570. The second-order valence-corrected chi connectivity index (χ2v) is 12.9. The number of rotatable bonds is 6. The summed E-state index contributed by atoms with van der Waals surface area (Å²) in [5, 5.41) is 2.03. The molecular weight excluding hydrogens is 523 g/mol. The number of nitrogens with one attached hydrogen (secondary N) is 1. The van der Waals surface area contributed by atoms with E-state index in [0.29, 0.717) is 21.9 Å². The first-order chi connectivity index (χ1) is 19.4. The van der Waals surface area contributed by atoms with Crippen LogP contribution in [0.2, 0.25) is 0 Å². The molecule has 2 saturated heterocycles. The number of hydrogen-bond donors (Lipinski definition) is 1. The number of methoxy groups -OCH3 is 1. The molecule has 1 N–H and O–H groups in total. The summed E-state index contributed by atoms with van der Waals surface area (Å²) >= 11 is 0. The number of carbonyl (C=O) groups excluding carboxylic acids is 3. The largest absolute Gasteiger partial charge is 0.467 e. The third-order valence-electron chi connectivity index (χ3n) is 7.94. The number of hydrogen-bond acceptors (Lipinski definition) is 6. The number of anilines is 1. The molecule has 6 rings (SSSR count). The van der Waals surface area contributed by atoms with E-state index < -0.39 is 48.1 Å². The van der Waals surface area contributed by atoms with Gasteiger partial charge >= 0.3 is 5.97 Å². The van der Waals surface area contributed by atoms with Crippen LogP contribution in [0.4, 0.5) is 5.69 Å². The van der Waals surface area contributed by atoms with Crippen LogP contribution in [0.25, 0.3) is 0 Å². The smallest absolute Gasteiger partial charge is 0.335 e. The van der Waals surface area contributed by atoms with Gasteiger partial charge in [-0.05, 0) is 17.7 Å². The minimum absolute atomic E-state index is 0.380. The van der Waals surface area contributed by atoms with Gasteiger partial charge in [-0.2, -0.15) is 0 Å². The first-order valence-corrected chi connectivity index (χ1v) is 14.7. The number of esters is 1. The molecule has 0 saturated carbocycles. The van der Waals surface area contributed by atoms with E-state index in [1.54, 1.807) is 91.0 Å². The molecular formula is C32H27N2O5P. The quantitative estimate of drug-likeness (QED) is 0.222. The van der Waals surface area contributed by atoms with Crippen molar-refractivity contribution in [3.05, 3.63) is 127 Å². The third kappa shape index (κ3) is 3.62. The van der Waals surface area contributed by atoms with Crippen molar-refractivity contribution in [2.24, 2.45) is 11.8 Å². The molecule has 40 heavy (non-hydrogen) atoms. The highest BCUT2D eigenvalue weighted by molar-refractivity contribution is 7.81. The minimum Gasteiger partial charge on any atom is -0.467 e. The first-order valence-electron chi connectivity index (χ1n) is 13.0. The summed E-state index contributed by atoms with van der Waals surface area (Å²) in [6, 6.07) is 34.4. The van der Waals surface area contributed by atoms with Crippen LogP contribution >= 0.6 is 7.14 Å². The van der Waals surface area contributed by atoms with E-state index in [9.17, 15) is 14.4 Å². The number of fused-ring (bicyclic) bond motifs is 1. The fourth-order valence-corrected chi connectivity index (χ4v) is 9.88. The summed E-state index contributed by atoms with van der Waals surface area (Å²) in [6.07, 6.45) is 0. The summed E-state index contributed by atoms with van der Waals surface area (Å²) < 4.78 is 21.3. The monoisotopic (exact) mass is 550 g/mol. The Morgan fingerprint density at radius 1 is 0.750 bits per heavy atom. The summed E-state index contributed by atoms with van der Waals surface area (Å²) in [5.41, 5.74) is 1.10. The fourth-order valence-electron chi connectivity index (χ4n) is 6.25. The van der Waals surface area contributed by atoms with E-state index in [0.717, 1.165) is 4.90 Å². The third-order valence-corrected chi connectivity index (χ3v) is 11.6. The van der Waals surface area contributed by atoms with Crippen LogP contribution in [-0.4, -0.2) is 30.2 Å². The number of nitrogens with zero attached hydrogens (tertiary/aromatic N) is 1. The minimum atomic E-state index is -4.07. The van der Waals surface area contributed by atoms with Crippen LogP contribution in [0.1, 0.15) is 11.6 Å². The molecule has 4 atom stereocenters. The van der Waals surface area contributed by atoms with E-state index in [2.05, 4.69) is 5.32 Å². The lowest BCUT2D eigenvalue weighted by molar-refractivity contribution is -0.147.